The van der Waals surface area contributed by atoms with Crippen molar-refractivity contribution in [2.45, 2.75) is 366 Å². The van der Waals surface area contributed by atoms with Crippen molar-refractivity contribution in [1.29, 1.82) is 0 Å². The first-order valence-electron chi connectivity index (χ1n) is 32.8. The molecule has 0 rings (SSSR count). The van der Waals surface area contributed by atoms with Crippen LogP contribution in [0.3, 0.4) is 0 Å². The van der Waals surface area contributed by atoms with Crippen molar-refractivity contribution in [3.8, 4) is 0 Å². The van der Waals surface area contributed by atoms with E-state index in [4.69, 9.17) is 4.74 Å². The van der Waals surface area contributed by atoms with E-state index < -0.39 is 12.1 Å². The highest BCUT2D eigenvalue weighted by Crippen LogP contribution is 2.18. The Hall–Kier alpha value is -1.92. The van der Waals surface area contributed by atoms with E-state index in [0.717, 1.165) is 51.4 Å². The molecule has 0 heterocycles. The average molecular weight is 1030 g/mol. The number of rotatable bonds is 61. The molecule has 0 saturated heterocycles. The molecule has 0 radical (unpaired) electrons. The second kappa shape index (κ2) is 62.6. The van der Waals surface area contributed by atoms with E-state index in [9.17, 15) is 19.8 Å². The molecule has 3 N–H and O–H groups in total. The number of hydrogen-bond acceptors (Lipinski definition) is 5. The molecule has 0 spiro atoms. The lowest BCUT2D eigenvalue weighted by atomic mass is 10.0. The van der Waals surface area contributed by atoms with Crippen LogP contribution < -0.4 is 5.32 Å². The van der Waals surface area contributed by atoms with Gasteiger partial charge in [-0.1, -0.05) is 314 Å². The van der Waals surface area contributed by atoms with Gasteiger partial charge < -0.3 is 20.3 Å². The Balaban J connectivity index is 3.32. The molecule has 0 saturated carbocycles. The van der Waals surface area contributed by atoms with Crippen molar-refractivity contribution in [3.63, 3.8) is 0 Å². The summed E-state index contributed by atoms with van der Waals surface area (Å²) in [4.78, 5) is 24.5. The average Bonchev–Trinajstić information content (AvgIpc) is 3.39. The van der Waals surface area contributed by atoms with E-state index in [2.05, 4.69) is 43.5 Å². The molecule has 0 fully saturated rings. The van der Waals surface area contributed by atoms with E-state index >= 15 is 0 Å². The molecule has 0 aromatic heterocycles. The van der Waals surface area contributed by atoms with E-state index in [1.165, 1.54) is 276 Å². The Bertz CT molecular complexity index is 1180. The maximum Gasteiger partial charge on any atom is 0.305 e. The molecule has 0 aliphatic carbocycles. The predicted molar refractivity (Wildman–Crippen MR) is 319 cm³/mol. The van der Waals surface area contributed by atoms with Crippen LogP contribution in [-0.4, -0.2) is 47.4 Å². The zero-order valence-corrected chi connectivity index (χ0v) is 49.1. The number of carbonyl (C=O) groups is 2. The first-order chi connectivity index (χ1) is 36.0. The maximum atomic E-state index is 12.4. The van der Waals surface area contributed by atoms with Crippen LogP contribution in [0, 0.1) is 0 Å². The number of hydrogen-bond donors (Lipinski definition) is 3. The number of unbranched alkanes of at least 4 members (excludes halogenated alkanes) is 46. The van der Waals surface area contributed by atoms with Gasteiger partial charge in [-0.05, 0) is 64.2 Å². The summed E-state index contributed by atoms with van der Waals surface area (Å²) in [5, 5.41) is 23.0. The number of carbonyl (C=O) groups excluding carboxylic acids is 2. The number of esters is 1. The summed E-state index contributed by atoms with van der Waals surface area (Å²) in [7, 11) is 0. The summed E-state index contributed by atoms with van der Waals surface area (Å²) in [5.41, 5.74) is 0. The van der Waals surface area contributed by atoms with Gasteiger partial charge in [0.1, 0.15) is 0 Å². The van der Waals surface area contributed by atoms with Crippen molar-refractivity contribution < 1.29 is 24.5 Å². The fourth-order valence-electron chi connectivity index (χ4n) is 10.1. The van der Waals surface area contributed by atoms with Crippen molar-refractivity contribution >= 4 is 11.9 Å². The fraction of sp³-hybridized carbons (Fsp3) is 0.881. The standard InChI is InChI=1S/C67H127NO5/c1-3-5-7-9-11-13-15-16-17-31-35-38-41-45-49-53-57-61-67(72)73-62-58-54-50-46-42-39-36-33-30-28-26-24-22-20-18-19-21-23-25-27-29-32-34-37-40-44-48-52-56-60-66(71)68-64(63-69)65(70)59-55-51-47-43-14-12-10-8-6-4-2/h11,13,16-17,55,59,64-65,69-70H,3-10,12,14-15,18-54,56-58,60-63H2,1-2H3,(H,68,71)/b13-11-,17-16-,59-55+. The van der Waals surface area contributed by atoms with Gasteiger partial charge in [-0.25, -0.2) is 0 Å². The van der Waals surface area contributed by atoms with Gasteiger partial charge in [0.15, 0.2) is 0 Å². The number of allylic oxidation sites excluding steroid dienone is 5. The van der Waals surface area contributed by atoms with Crippen LogP contribution in [0.2, 0.25) is 0 Å². The van der Waals surface area contributed by atoms with Crippen molar-refractivity contribution in [1.82, 2.24) is 5.32 Å². The molecule has 6 nitrogen and oxygen atoms in total. The Labute approximate surface area is 455 Å². The predicted octanol–water partition coefficient (Wildman–Crippen LogP) is 20.8. The summed E-state index contributed by atoms with van der Waals surface area (Å²) in [6, 6.07) is -0.623. The SMILES string of the molecule is CCCCC/C=C\C/C=C\CCCCCCCCCC(=O)OCCCCCCCCCCCCCCCCCCCCCCCCCCCCCCCC(=O)NC(CO)C(O)/C=C/CCCCCCCCCC. The summed E-state index contributed by atoms with van der Waals surface area (Å²) < 4.78 is 5.50. The molecule has 0 bridgehead atoms. The summed E-state index contributed by atoms with van der Waals surface area (Å²) in [6.45, 7) is 4.87. The van der Waals surface area contributed by atoms with Crippen LogP contribution in [0.5, 0.6) is 0 Å². The molecule has 1 amide bonds. The number of aliphatic hydroxyl groups excluding tert-OH is 2. The van der Waals surface area contributed by atoms with E-state index in [0.29, 0.717) is 19.4 Å². The second-order valence-corrected chi connectivity index (χ2v) is 22.5. The first-order valence-corrected chi connectivity index (χ1v) is 32.8. The molecule has 2 unspecified atom stereocenters. The van der Waals surface area contributed by atoms with Crippen LogP contribution in [0.1, 0.15) is 354 Å². The highest BCUT2D eigenvalue weighted by Gasteiger charge is 2.18. The minimum Gasteiger partial charge on any atom is -0.466 e. The fourth-order valence-corrected chi connectivity index (χ4v) is 10.1. The van der Waals surface area contributed by atoms with Crippen molar-refractivity contribution in [2.75, 3.05) is 13.2 Å². The molecule has 0 aromatic rings. The van der Waals surface area contributed by atoms with Crippen LogP contribution in [-0.2, 0) is 14.3 Å². The zero-order valence-electron chi connectivity index (χ0n) is 49.1. The lowest BCUT2D eigenvalue weighted by molar-refractivity contribution is -0.143. The zero-order chi connectivity index (χ0) is 52.9. The minimum absolute atomic E-state index is 0.0114. The quantitative estimate of drug-likeness (QED) is 0.0320. The molecule has 73 heavy (non-hydrogen) atoms. The van der Waals surface area contributed by atoms with Crippen LogP contribution in [0.25, 0.3) is 0 Å². The third-order valence-corrected chi connectivity index (χ3v) is 15.2. The van der Waals surface area contributed by atoms with Gasteiger partial charge in [0.05, 0.1) is 25.4 Å². The third kappa shape index (κ3) is 59.2. The van der Waals surface area contributed by atoms with Crippen LogP contribution in [0.4, 0.5) is 0 Å². The smallest absolute Gasteiger partial charge is 0.305 e. The highest BCUT2D eigenvalue weighted by molar-refractivity contribution is 5.76. The first kappa shape index (κ1) is 71.1. The summed E-state index contributed by atoms with van der Waals surface area (Å²) in [5.74, 6) is -0.0542. The number of aliphatic hydroxyl groups is 2. The second-order valence-electron chi connectivity index (χ2n) is 22.5. The molecule has 6 heteroatoms. The largest absolute Gasteiger partial charge is 0.466 e. The van der Waals surface area contributed by atoms with E-state index in [1.54, 1.807) is 6.08 Å². The van der Waals surface area contributed by atoms with Gasteiger partial charge in [0, 0.05) is 12.8 Å². The molecule has 0 aromatic carbocycles. The number of amides is 1. The molecular weight excluding hydrogens is 899 g/mol. The highest BCUT2D eigenvalue weighted by atomic mass is 16.5. The summed E-state index contributed by atoms with van der Waals surface area (Å²) >= 11 is 0. The van der Waals surface area contributed by atoms with Crippen LogP contribution >= 0.6 is 0 Å². The Morgan fingerprint density at radius 3 is 1.07 bits per heavy atom. The normalized spacial score (nSPS) is 12.8. The molecule has 2 atom stereocenters. The summed E-state index contributed by atoms with van der Waals surface area (Å²) in [6.07, 6.45) is 79.3. The monoisotopic (exact) mass is 1030 g/mol. The Morgan fingerprint density at radius 1 is 0.384 bits per heavy atom. The molecule has 0 aliphatic rings. The van der Waals surface area contributed by atoms with Crippen molar-refractivity contribution in [2.24, 2.45) is 0 Å². The minimum atomic E-state index is -0.840. The third-order valence-electron chi connectivity index (χ3n) is 15.2. The van der Waals surface area contributed by atoms with Gasteiger partial charge in [-0.3, -0.25) is 9.59 Å². The Kier molecular flexibility index (Phi) is 61.0. The van der Waals surface area contributed by atoms with Crippen LogP contribution in [0.15, 0.2) is 36.5 Å². The molecular formula is C67H127NO5. The Morgan fingerprint density at radius 2 is 0.685 bits per heavy atom. The van der Waals surface area contributed by atoms with Gasteiger partial charge >= 0.3 is 5.97 Å². The lowest BCUT2D eigenvalue weighted by Gasteiger charge is -2.20. The van der Waals surface area contributed by atoms with E-state index in [-0.39, 0.29) is 18.5 Å². The van der Waals surface area contributed by atoms with E-state index in [1.807, 2.05) is 6.08 Å². The number of nitrogens with one attached hydrogen (secondary N) is 1. The van der Waals surface area contributed by atoms with Gasteiger partial charge in [-0.2, -0.15) is 0 Å². The molecule has 0 aliphatic heterocycles. The molecule has 430 valence electrons. The topological polar surface area (TPSA) is 95.9 Å². The van der Waals surface area contributed by atoms with Gasteiger partial charge in [-0.15, -0.1) is 0 Å². The maximum absolute atomic E-state index is 12.4. The van der Waals surface area contributed by atoms with Gasteiger partial charge in [0.25, 0.3) is 0 Å². The van der Waals surface area contributed by atoms with Gasteiger partial charge in [0.2, 0.25) is 5.91 Å². The lowest BCUT2D eigenvalue weighted by Crippen LogP contribution is -2.45. The number of ether oxygens (including phenoxy) is 1. The van der Waals surface area contributed by atoms with Crippen molar-refractivity contribution in [3.05, 3.63) is 36.5 Å².